The maximum Gasteiger partial charge on any atom is 0.418 e. The van der Waals surface area contributed by atoms with Gasteiger partial charge in [-0.2, -0.15) is 0 Å². The van der Waals surface area contributed by atoms with Crippen LogP contribution in [-0.4, -0.2) is 23.4 Å². The van der Waals surface area contributed by atoms with Crippen molar-refractivity contribution in [1.82, 2.24) is 4.57 Å². The van der Waals surface area contributed by atoms with Crippen molar-refractivity contribution in [2.45, 2.75) is 26.9 Å². The second-order valence-electron chi connectivity index (χ2n) is 4.39. The lowest BCUT2D eigenvalue weighted by Crippen LogP contribution is -2.17. The minimum absolute atomic E-state index is 0.203. The van der Waals surface area contributed by atoms with Crippen LogP contribution in [0.4, 0.5) is 9.18 Å². The number of carbonyl (C=O) groups is 1. The molecule has 5 heteroatoms. The van der Waals surface area contributed by atoms with Crippen LogP contribution in [0, 0.1) is 5.82 Å². The van der Waals surface area contributed by atoms with Gasteiger partial charge in [-0.25, -0.2) is 13.8 Å². The van der Waals surface area contributed by atoms with Gasteiger partial charge in [0.05, 0.1) is 18.2 Å². The van der Waals surface area contributed by atoms with E-state index in [0.717, 1.165) is 0 Å². The van der Waals surface area contributed by atoms with Crippen LogP contribution in [0.1, 0.15) is 20.8 Å². The van der Waals surface area contributed by atoms with Crippen LogP contribution in [0.3, 0.4) is 0 Å². The number of aromatic nitrogens is 1. The average Bonchev–Trinajstić information content (AvgIpc) is 2.72. The fourth-order valence-electron chi connectivity index (χ4n) is 1.87. The monoisotopic (exact) mass is 265 g/mol. The molecule has 0 N–H and O–H groups in total. The summed E-state index contributed by atoms with van der Waals surface area (Å²) in [5, 5.41) is 0.601. The molecule has 0 spiro atoms. The van der Waals surface area contributed by atoms with Crippen LogP contribution in [0.15, 0.2) is 24.4 Å². The summed E-state index contributed by atoms with van der Waals surface area (Å²) in [4.78, 5) is 11.8. The SMILES string of the molecule is CCOc1cc(F)c2c(ccn2C(=O)OC(C)C)c1. The van der Waals surface area contributed by atoms with Crippen LogP contribution in [0.2, 0.25) is 0 Å². The van der Waals surface area contributed by atoms with E-state index >= 15 is 0 Å². The van der Waals surface area contributed by atoms with Crippen molar-refractivity contribution in [2.75, 3.05) is 6.61 Å². The van der Waals surface area contributed by atoms with Crippen molar-refractivity contribution in [2.24, 2.45) is 0 Å². The number of benzene rings is 1. The second kappa shape index (κ2) is 5.30. The highest BCUT2D eigenvalue weighted by Crippen LogP contribution is 2.25. The molecular weight excluding hydrogens is 249 g/mol. The molecule has 0 atom stereocenters. The van der Waals surface area contributed by atoms with Gasteiger partial charge >= 0.3 is 6.09 Å². The van der Waals surface area contributed by atoms with Gasteiger partial charge in [-0.1, -0.05) is 0 Å². The summed E-state index contributed by atoms with van der Waals surface area (Å²) < 4.78 is 25.5. The first-order chi connectivity index (χ1) is 9.02. The number of halogens is 1. The van der Waals surface area contributed by atoms with Gasteiger partial charge in [0.15, 0.2) is 5.82 Å². The molecule has 1 heterocycles. The van der Waals surface area contributed by atoms with Gasteiger partial charge in [0.2, 0.25) is 0 Å². The summed E-state index contributed by atoms with van der Waals surface area (Å²) in [6.07, 6.45) is 0.650. The third kappa shape index (κ3) is 2.70. The maximum atomic E-state index is 14.1. The molecule has 0 bridgehead atoms. The van der Waals surface area contributed by atoms with Gasteiger partial charge in [-0.15, -0.1) is 0 Å². The number of carbonyl (C=O) groups excluding carboxylic acids is 1. The zero-order chi connectivity index (χ0) is 14.0. The molecule has 2 rings (SSSR count). The summed E-state index contributed by atoms with van der Waals surface area (Å²) in [7, 11) is 0. The fourth-order valence-corrected chi connectivity index (χ4v) is 1.87. The standard InChI is InChI=1S/C14H16FNO3/c1-4-18-11-7-10-5-6-16(13(10)12(15)8-11)14(17)19-9(2)3/h5-9H,4H2,1-3H3. The number of fused-ring (bicyclic) bond motifs is 1. The van der Waals surface area contributed by atoms with Crippen molar-refractivity contribution in [3.05, 3.63) is 30.2 Å². The molecule has 19 heavy (non-hydrogen) atoms. The molecule has 0 aliphatic heterocycles. The van der Waals surface area contributed by atoms with Crippen molar-refractivity contribution >= 4 is 17.0 Å². The van der Waals surface area contributed by atoms with Gasteiger partial charge < -0.3 is 9.47 Å². The topological polar surface area (TPSA) is 40.5 Å². The van der Waals surface area contributed by atoms with E-state index in [2.05, 4.69) is 0 Å². The van der Waals surface area contributed by atoms with Crippen LogP contribution in [0.5, 0.6) is 5.75 Å². The lowest BCUT2D eigenvalue weighted by molar-refractivity contribution is 0.118. The number of nitrogens with zero attached hydrogens (tertiary/aromatic N) is 1. The first-order valence-corrected chi connectivity index (χ1v) is 6.17. The Morgan fingerprint density at radius 3 is 2.79 bits per heavy atom. The molecule has 0 fully saturated rings. The largest absolute Gasteiger partial charge is 0.494 e. The second-order valence-corrected chi connectivity index (χ2v) is 4.39. The number of hydrogen-bond acceptors (Lipinski definition) is 3. The van der Waals surface area contributed by atoms with Gasteiger partial charge in [-0.3, -0.25) is 0 Å². The predicted octanol–water partition coefficient (Wildman–Crippen LogP) is 3.57. The minimum atomic E-state index is -0.590. The highest BCUT2D eigenvalue weighted by molar-refractivity contribution is 5.90. The van der Waals surface area contributed by atoms with Crippen molar-refractivity contribution < 1.29 is 18.7 Å². The van der Waals surface area contributed by atoms with Gasteiger partial charge in [0, 0.05) is 17.6 Å². The first-order valence-electron chi connectivity index (χ1n) is 6.17. The van der Waals surface area contributed by atoms with Gasteiger partial charge in [0.1, 0.15) is 5.75 Å². The molecule has 0 unspecified atom stereocenters. The Morgan fingerprint density at radius 1 is 1.42 bits per heavy atom. The molecular formula is C14H16FNO3. The third-order valence-electron chi connectivity index (χ3n) is 2.55. The number of hydrogen-bond donors (Lipinski definition) is 0. The van der Waals surface area contributed by atoms with Crippen molar-refractivity contribution in [1.29, 1.82) is 0 Å². The highest BCUT2D eigenvalue weighted by Gasteiger charge is 2.16. The molecule has 0 aliphatic rings. The van der Waals surface area contributed by atoms with Gasteiger partial charge in [0.25, 0.3) is 0 Å². The number of rotatable bonds is 3. The smallest absolute Gasteiger partial charge is 0.418 e. The van der Waals surface area contributed by atoms with Crippen LogP contribution in [0.25, 0.3) is 10.9 Å². The summed E-state index contributed by atoms with van der Waals surface area (Å²) >= 11 is 0. The van der Waals surface area contributed by atoms with E-state index < -0.39 is 11.9 Å². The summed E-state index contributed by atoms with van der Waals surface area (Å²) in [5.74, 6) is -0.0610. The predicted molar refractivity (Wildman–Crippen MR) is 70.1 cm³/mol. The molecule has 0 saturated heterocycles. The zero-order valence-electron chi connectivity index (χ0n) is 11.1. The first kappa shape index (κ1) is 13.4. The molecule has 102 valence electrons. The molecule has 2 aromatic rings. The summed E-state index contributed by atoms with van der Waals surface area (Å²) in [6.45, 7) is 5.77. The Morgan fingerprint density at radius 2 is 2.16 bits per heavy atom. The normalized spacial score (nSPS) is 11.0. The average molecular weight is 265 g/mol. The van der Waals surface area contributed by atoms with Gasteiger partial charge in [-0.05, 0) is 32.9 Å². The minimum Gasteiger partial charge on any atom is -0.494 e. The van der Waals surface area contributed by atoms with E-state index in [0.29, 0.717) is 17.7 Å². The molecule has 1 aromatic carbocycles. The molecule has 0 radical (unpaired) electrons. The molecule has 0 saturated carbocycles. The summed E-state index contributed by atoms with van der Waals surface area (Å²) in [5.41, 5.74) is 0.203. The van der Waals surface area contributed by atoms with Crippen molar-refractivity contribution in [3.8, 4) is 5.75 Å². The lowest BCUT2D eigenvalue weighted by atomic mass is 10.2. The van der Waals surface area contributed by atoms with E-state index in [4.69, 9.17) is 9.47 Å². The van der Waals surface area contributed by atoms with E-state index in [1.807, 2.05) is 6.92 Å². The van der Waals surface area contributed by atoms with Crippen LogP contribution in [-0.2, 0) is 4.74 Å². The fraction of sp³-hybridized carbons (Fsp3) is 0.357. The Labute approximate surface area is 110 Å². The number of ether oxygens (including phenoxy) is 2. The Hall–Kier alpha value is -2.04. The summed E-state index contributed by atoms with van der Waals surface area (Å²) in [6, 6.07) is 4.62. The van der Waals surface area contributed by atoms with E-state index in [1.165, 1.54) is 16.8 Å². The molecule has 4 nitrogen and oxygen atoms in total. The van der Waals surface area contributed by atoms with Crippen LogP contribution < -0.4 is 4.74 Å². The molecule has 0 aliphatic carbocycles. The lowest BCUT2D eigenvalue weighted by Gasteiger charge is -2.10. The van der Waals surface area contributed by atoms with Crippen LogP contribution >= 0.6 is 0 Å². The zero-order valence-corrected chi connectivity index (χ0v) is 11.1. The Balaban J connectivity index is 2.45. The van der Waals surface area contributed by atoms with Crippen molar-refractivity contribution in [3.63, 3.8) is 0 Å². The third-order valence-corrected chi connectivity index (χ3v) is 2.55. The molecule has 1 aromatic heterocycles. The van der Waals surface area contributed by atoms with E-state index in [9.17, 15) is 9.18 Å². The Kier molecular flexibility index (Phi) is 3.74. The molecule has 0 amide bonds. The van der Waals surface area contributed by atoms with E-state index in [1.54, 1.807) is 26.0 Å². The highest BCUT2D eigenvalue weighted by atomic mass is 19.1. The Bertz CT molecular complexity index is 604. The van der Waals surface area contributed by atoms with E-state index in [-0.39, 0.29) is 11.6 Å². The maximum absolute atomic E-state index is 14.1. The quantitative estimate of drug-likeness (QED) is 0.851.